The van der Waals surface area contributed by atoms with Gasteiger partial charge in [-0.1, -0.05) is 12.6 Å². The topological polar surface area (TPSA) is 66.0 Å². The molecule has 0 fully saturated rings. The van der Waals surface area contributed by atoms with Crippen LogP contribution in [0.2, 0.25) is 0 Å². The van der Waals surface area contributed by atoms with Crippen molar-refractivity contribution in [2.45, 2.75) is 13.3 Å². The van der Waals surface area contributed by atoms with E-state index in [1.54, 1.807) is 0 Å². The van der Waals surface area contributed by atoms with Gasteiger partial charge in [-0.25, -0.2) is 4.98 Å². The van der Waals surface area contributed by atoms with Gasteiger partial charge in [-0.3, -0.25) is 4.79 Å². The summed E-state index contributed by atoms with van der Waals surface area (Å²) in [6, 6.07) is 5.58. The van der Waals surface area contributed by atoms with Crippen molar-refractivity contribution in [3.63, 3.8) is 0 Å². The minimum Gasteiger partial charge on any atom is -0.481 e. The molecule has 4 heteroatoms. The van der Waals surface area contributed by atoms with Gasteiger partial charge in [-0.15, -0.1) is 0 Å². The summed E-state index contributed by atoms with van der Waals surface area (Å²) in [5.74, 6) is -0.0260. The molecular weight excluding hydrogens is 204 g/mol. The lowest BCUT2D eigenvalue weighted by molar-refractivity contribution is -0.135. The lowest BCUT2D eigenvalue weighted by atomic mass is 10.0. The number of fused-ring (bicyclic) bond motifs is 1. The number of hydrogen-bond donors (Lipinski definition) is 2. The summed E-state index contributed by atoms with van der Waals surface area (Å²) in [6.07, 6.45) is -0.0430. The molecule has 1 aromatic carbocycles. The number of aliphatic carboxylic acids is 1. The van der Waals surface area contributed by atoms with Crippen molar-refractivity contribution in [3.05, 3.63) is 36.2 Å². The maximum atomic E-state index is 10.6. The second-order valence-electron chi connectivity index (χ2n) is 3.73. The van der Waals surface area contributed by atoms with Crippen molar-refractivity contribution < 1.29 is 9.90 Å². The van der Waals surface area contributed by atoms with E-state index in [9.17, 15) is 4.79 Å². The smallest absolute Gasteiger partial charge is 0.307 e. The molecule has 4 nitrogen and oxygen atoms in total. The van der Waals surface area contributed by atoms with Crippen LogP contribution in [0.25, 0.3) is 16.6 Å². The SMILES string of the molecule is C=C(CC(=O)O)c1ccc2nc(C)[nH]c2c1. The third-order valence-corrected chi connectivity index (χ3v) is 2.37. The number of nitrogens with one attached hydrogen (secondary N) is 1. The zero-order valence-electron chi connectivity index (χ0n) is 8.95. The number of imidazole rings is 1. The first-order chi connectivity index (χ1) is 7.56. The summed E-state index contributed by atoms with van der Waals surface area (Å²) in [5.41, 5.74) is 3.21. The molecular formula is C12H12N2O2. The van der Waals surface area contributed by atoms with Crippen LogP contribution < -0.4 is 0 Å². The van der Waals surface area contributed by atoms with E-state index < -0.39 is 5.97 Å². The molecule has 2 aromatic rings. The lowest BCUT2D eigenvalue weighted by Gasteiger charge is -2.02. The quantitative estimate of drug-likeness (QED) is 0.827. The second kappa shape index (κ2) is 3.81. The Morgan fingerprint density at radius 3 is 3.00 bits per heavy atom. The highest BCUT2D eigenvalue weighted by Crippen LogP contribution is 2.20. The highest BCUT2D eigenvalue weighted by molar-refractivity contribution is 5.86. The van der Waals surface area contributed by atoms with E-state index in [1.165, 1.54) is 0 Å². The summed E-state index contributed by atoms with van der Waals surface area (Å²) in [5, 5.41) is 8.68. The Morgan fingerprint density at radius 1 is 1.56 bits per heavy atom. The Kier molecular flexibility index (Phi) is 2.48. The van der Waals surface area contributed by atoms with E-state index in [4.69, 9.17) is 5.11 Å². The number of carboxylic acids is 1. The van der Waals surface area contributed by atoms with Crippen LogP contribution in [0.15, 0.2) is 24.8 Å². The Bertz CT molecular complexity index is 569. The van der Waals surface area contributed by atoms with Crippen LogP contribution >= 0.6 is 0 Å². The summed E-state index contributed by atoms with van der Waals surface area (Å²) in [7, 11) is 0. The standard InChI is InChI=1S/C12H12N2O2/c1-7(5-12(15)16)9-3-4-10-11(6-9)14-8(2)13-10/h3-4,6H,1,5H2,2H3,(H,13,14)(H,15,16). The van der Waals surface area contributed by atoms with E-state index in [0.717, 1.165) is 22.4 Å². The number of aromatic nitrogens is 2. The number of carboxylic acid groups (broad SMARTS) is 1. The fourth-order valence-corrected chi connectivity index (χ4v) is 1.64. The molecule has 1 heterocycles. The minimum atomic E-state index is -0.870. The van der Waals surface area contributed by atoms with Gasteiger partial charge in [0.05, 0.1) is 17.5 Å². The first-order valence-electron chi connectivity index (χ1n) is 4.92. The average Bonchev–Trinajstić information content (AvgIpc) is 2.55. The van der Waals surface area contributed by atoms with Crippen molar-refractivity contribution in [3.8, 4) is 0 Å². The zero-order chi connectivity index (χ0) is 11.7. The molecule has 0 radical (unpaired) electrons. The fourth-order valence-electron chi connectivity index (χ4n) is 1.64. The van der Waals surface area contributed by atoms with Crippen LogP contribution in [-0.2, 0) is 4.79 Å². The molecule has 82 valence electrons. The number of hydrogen-bond acceptors (Lipinski definition) is 2. The first-order valence-corrected chi connectivity index (χ1v) is 4.92. The molecule has 0 saturated carbocycles. The molecule has 16 heavy (non-hydrogen) atoms. The summed E-state index contributed by atoms with van der Waals surface area (Å²) in [6.45, 7) is 5.64. The van der Waals surface area contributed by atoms with Gasteiger partial charge < -0.3 is 10.1 Å². The molecule has 0 saturated heterocycles. The van der Waals surface area contributed by atoms with Crippen LogP contribution in [-0.4, -0.2) is 21.0 Å². The highest BCUT2D eigenvalue weighted by atomic mass is 16.4. The predicted molar refractivity (Wildman–Crippen MR) is 62.1 cm³/mol. The van der Waals surface area contributed by atoms with Gasteiger partial charge in [0.15, 0.2) is 0 Å². The Balaban J connectivity index is 2.38. The van der Waals surface area contributed by atoms with E-state index in [2.05, 4.69) is 16.5 Å². The van der Waals surface area contributed by atoms with Crippen LogP contribution in [0.5, 0.6) is 0 Å². The van der Waals surface area contributed by atoms with Crippen LogP contribution in [0.3, 0.4) is 0 Å². The normalized spacial score (nSPS) is 10.6. The summed E-state index contributed by atoms with van der Waals surface area (Å²) in [4.78, 5) is 18.0. The van der Waals surface area contributed by atoms with E-state index >= 15 is 0 Å². The number of H-pyrrole nitrogens is 1. The number of carbonyl (C=O) groups is 1. The molecule has 1 aromatic heterocycles. The van der Waals surface area contributed by atoms with Crippen molar-refractivity contribution in [1.29, 1.82) is 0 Å². The van der Waals surface area contributed by atoms with Gasteiger partial charge in [0, 0.05) is 0 Å². The van der Waals surface area contributed by atoms with Gasteiger partial charge >= 0.3 is 5.97 Å². The molecule has 0 aliphatic heterocycles. The van der Waals surface area contributed by atoms with E-state index in [0.29, 0.717) is 5.57 Å². The van der Waals surface area contributed by atoms with Crippen LogP contribution in [0, 0.1) is 6.92 Å². The van der Waals surface area contributed by atoms with Gasteiger partial charge in [0.1, 0.15) is 5.82 Å². The maximum Gasteiger partial charge on any atom is 0.307 e. The molecule has 0 spiro atoms. The molecule has 0 atom stereocenters. The first kappa shape index (κ1) is 10.4. The number of benzene rings is 1. The molecule has 2 N–H and O–H groups in total. The van der Waals surface area contributed by atoms with E-state index in [1.807, 2.05) is 25.1 Å². The average molecular weight is 216 g/mol. The van der Waals surface area contributed by atoms with Gasteiger partial charge in [0.25, 0.3) is 0 Å². The third kappa shape index (κ3) is 1.95. The van der Waals surface area contributed by atoms with Crippen molar-refractivity contribution in [1.82, 2.24) is 9.97 Å². The fraction of sp³-hybridized carbons (Fsp3) is 0.167. The summed E-state index contributed by atoms with van der Waals surface area (Å²) >= 11 is 0. The number of aromatic amines is 1. The molecule has 0 aliphatic rings. The lowest BCUT2D eigenvalue weighted by Crippen LogP contribution is -1.95. The monoisotopic (exact) mass is 216 g/mol. The zero-order valence-corrected chi connectivity index (χ0v) is 8.95. The highest BCUT2D eigenvalue weighted by Gasteiger charge is 2.06. The largest absolute Gasteiger partial charge is 0.481 e. The van der Waals surface area contributed by atoms with Crippen molar-refractivity contribution in [2.75, 3.05) is 0 Å². The minimum absolute atomic E-state index is 0.0430. The second-order valence-corrected chi connectivity index (χ2v) is 3.73. The number of rotatable bonds is 3. The maximum absolute atomic E-state index is 10.6. The molecule has 0 amide bonds. The number of aryl methyl sites for hydroxylation is 1. The van der Waals surface area contributed by atoms with Crippen molar-refractivity contribution in [2.24, 2.45) is 0 Å². The number of nitrogens with zero attached hydrogens (tertiary/aromatic N) is 1. The molecule has 0 bridgehead atoms. The Morgan fingerprint density at radius 2 is 2.31 bits per heavy atom. The van der Waals surface area contributed by atoms with E-state index in [-0.39, 0.29) is 6.42 Å². The van der Waals surface area contributed by atoms with Gasteiger partial charge in [-0.05, 0) is 30.2 Å². The molecule has 2 rings (SSSR count). The Labute approximate surface area is 92.6 Å². The Hall–Kier alpha value is -2.10. The molecule has 0 aliphatic carbocycles. The summed E-state index contributed by atoms with van der Waals surface area (Å²) < 4.78 is 0. The van der Waals surface area contributed by atoms with Gasteiger partial charge in [-0.2, -0.15) is 0 Å². The third-order valence-electron chi connectivity index (χ3n) is 2.37. The predicted octanol–water partition coefficient (Wildman–Crippen LogP) is 2.36. The van der Waals surface area contributed by atoms with Crippen LogP contribution in [0.4, 0.5) is 0 Å². The van der Waals surface area contributed by atoms with Crippen molar-refractivity contribution >= 4 is 22.6 Å². The van der Waals surface area contributed by atoms with Crippen LogP contribution in [0.1, 0.15) is 17.8 Å². The van der Waals surface area contributed by atoms with Gasteiger partial charge in [0.2, 0.25) is 0 Å². The molecule has 0 unspecified atom stereocenters.